The molecule has 0 saturated carbocycles. The van der Waals surface area contributed by atoms with Gasteiger partial charge < -0.3 is 15.3 Å². The number of aliphatic hydroxyl groups is 1. The number of nitrogens with one attached hydrogen (secondary N) is 1. The first-order valence-electron chi connectivity index (χ1n) is 7.10. The van der Waals surface area contributed by atoms with Crippen LogP contribution in [-0.4, -0.2) is 51.7 Å². The van der Waals surface area contributed by atoms with Gasteiger partial charge in [-0.25, -0.2) is 9.97 Å². The van der Waals surface area contributed by atoms with Gasteiger partial charge in [-0.1, -0.05) is 0 Å². The van der Waals surface area contributed by atoms with Crippen molar-refractivity contribution < 1.29 is 9.90 Å². The van der Waals surface area contributed by atoms with Crippen molar-refractivity contribution in [2.24, 2.45) is 5.92 Å². The van der Waals surface area contributed by atoms with Gasteiger partial charge >= 0.3 is 0 Å². The molecule has 0 bridgehead atoms. The molecule has 1 aliphatic rings. The number of hydrogen-bond acceptors (Lipinski definition) is 6. The second-order valence-corrected chi connectivity index (χ2v) is 5.24. The van der Waals surface area contributed by atoms with Crippen LogP contribution in [0, 0.1) is 5.92 Å². The summed E-state index contributed by atoms with van der Waals surface area (Å²) in [5.41, 5.74) is 0.514. The predicted octanol–water partition coefficient (Wildman–Crippen LogP) is 0.0987. The Morgan fingerprint density at radius 3 is 2.91 bits per heavy atom. The summed E-state index contributed by atoms with van der Waals surface area (Å²) in [4.78, 5) is 26.3. The minimum atomic E-state index is -0.180. The van der Waals surface area contributed by atoms with Gasteiger partial charge in [-0.3, -0.25) is 9.78 Å². The van der Waals surface area contributed by atoms with Crippen LogP contribution in [-0.2, 0) is 0 Å². The Labute approximate surface area is 128 Å². The van der Waals surface area contributed by atoms with E-state index in [0.717, 1.165) is 5.82 Å². The molecule has 2 atom stereocenters. The summed E-state index contributed by atoms with van der Waals surface area (Å²) >= 11 is 0. The normalized spacial score (nSPS) is 20.9. The molecule has 114 valence electrons. The van der Waals surface area contributed by atoms with E-state index in [1.54, 1.807) is 24.5 Å². The molecular formula is C15H17N5O2. The van der Waals surface area contributed by atoms with Crippen molar-refractivity contribution in [3.05, 3.63) is 48.7 Å². The van der Waals surface area contributed by atoms with Gasteiger partial charge in [-0.15, -0.1) is 0 Å². The minimum absolute atomic E-state index is 0.0135. The molecule has 2 aromatic heterocycles. The van der Waals surface area contributed by atoms with Crippen molar-refractivity contribution in [2.75, 3.05) is 24.6 Å². The molecule has 1 aliphatic heterocycles. The maximum absolute atomic E-state index is 12.2. The molecule has 1 saturated heterocycles. The lowest BCUT2D eigenvalue weighted by Gasteiger charge is -2.18. The molecule has 0 aliphatic carbocycles. The molecule has 1 fully saturated rings. The molecule has 0 radical (unpaired) electrons. The van der Waals surface area contributed by atoms with Crippen LogP contribution in [0.4, 0.5) is 5.82 Å². The molecule has 22 heavy (non-hydrogen) atoms. The number of nitrogens with zero attached hydrogens (tertiary/aromatic N) is 4. The second-order valence-electron chi connectivity index (χ2n) is 5.24. The highest BCUT2D eigenvalue weighted by molar-refractivity contribution is 5.94. The molecule has 0 unspecified atom stereocenters. The summed E-state index contributed by atoms with van der Waals surface area (Å²) in [5.74, 6) is 0.586. The lowest BCUT2D eigenvalue weighted by molar-refractivity contribution is 0.0921. The van der Waals surface area contributed by atoms with Gasteiger partial charge in [-0.05, 0) is 18.2 Å². The van der Waals surface area contributed by atoms with Crippen LogP contribution in [0.2, 0.25) is 0 Å². The Hall–Kier alpha value is -2.54. The van der Waals surface area contributed by atoms with Crippen LogP contribution >= 0.6 is 0 Å². The third-order valence-corrected chi connectivity index (χ3v) is 3.81. The molecule has 7 nitrogen and oxygen atoms in total. The first-order chi connectivity index (χ1) is 10.8. The van der Waals surface area contributed by atoms with Crippen LogP contribution in [0.3, 0.4) is 0 Å². The van der Waals surface area contributed by atoms with Crippen LogP contribution < -0.4 is 10.2 Å². The molecule has 3 rings (SSSR count). The lowest BCUT2D eigenvalue weighted by atomic mass is 10.0. The summed E-state index contributed by atoms with van der Waals surface area (Å²) in [5, 5.41) is 12.5. The number of carbonyl (C=O) groups is 1. The molecule has 3 heterocycles. The topological polar surface area (TPSA) is 91.2 Å². The van der Waals surface area contributed by atoms with Crippen LogP contribution in [0.5, 0.6) is 0 Å². The number of rotatable bonds is 4. The van der Waals surface area contributed by atoms with Crippen molar-refractivity contribution in [1.29, 1.82) is 0 Å². The first-order valence-corrected chi connectivity index (χ1v) is 7.10. The van der Waals surface area contributed by atoms with Crippen LogP contribution in [0.15, 0.2) is 43.1 Å². The quantitative estimate of drug-likeness (QED) is 0.832. The molecule has 0 spiro atoms. The number of amides is 1. The summed E-state index contributed by atoms with van der Waals surface area (Å²) in [6, 6.07) is 5.13. The number of anilines is 1. The van der Waals surface area contributed by atoms with Crippen molar-refractivity contribution in [3.8, 4) is 0 Å². The Bertz CT molecular complexity index is 622. The number of aromatic nitrogens is 3. The second kappa shape index (κ2) is 6.48. The van der Waals surface area contributed by atoms with Gasteiger partial charge in [0.25, 0.3) is 5.91 Å². The maximum Gasteiger partial charge on any atom is 0.253 e. The summed E-state index contributed by atoms with van der Waals surface area (Å²) < 4.78 is 0. The SMILES string of the molecule is O=C(N[C@@H]1CN(c2ccncn2)C[C@H]1CO)c1cccnc1. The molecular weight excluding hydrogens is 282 g/mol. The average molecular weight is 299 g/mol. The number of aliphatic hydroxyl groups excluding tert-OH is 1. The lowest BCUT2D eigenvalue weighted by Crippen LogP contribution is -2.41. The largest absolute Gasteiger partial charge is 0.396 e. The van der Waals surface area contributed by atoms with E-state index in [9.17, 15) is 9.90 Å². The monoisotopic (exact) mass is 299 g/mol. The Morgan fingerprint density at radius 1 is 1.32 bits per heavy atom. The highest BCUT2D eigenvalue weighted by Crippen LogP contribution is 2.22. The number of pyridine rings is 1. The fourth-order valence-electron chi connectivity index (χ4n) is 2.63. The van der Waals surface area contributed by atoms with E-state index in [2.05, 4.69) is 20.3 Å². The Balaban J connectivity index is 1.69. The highest BCUT2D eigenvalue weighted by atomic mass is 16.3. The van der Waals surface area contributed by atoms with Crippen molar-refractivity contribution in [2.45, 2.75) is 6.04 Å². The summed E-state index contributed by atoms with van der Waals surface area (Å²) in [7, 11) is 0. The molecule has 1 amide bonds. The van der Waals surface area contributed by atoms with Crippen LogP contribution in [0.1, 0.15) is 10.4 Å². The Morgan fingerprint density at radius 2 is 2.23 bits per heavy atom. The van der Waals surface area contributed by atoms with Crippen molar-refractivity contribution >= 4 is 11.7 Å². The smallest absolute Gasteiger partial charge is 0.253 e. The van der Waals surface area contributed by atoms with E-state index >= 15 is 0 Å². The zero-order chi connectivity index (χ0) is 15.4. The third kappa shape index (κ3) is 3.04. The van der Waals surface area contributed by atoms with E-state index in [4.69, 9.17) is 0 Å². The predicted molar refractivity (Wildman–Crippen MR) is 80.3 cm³/mol. The average Bonchev–Trinajstić information content (AvgIpc) is 2.99. The molecule has 0 aromatic carbocycles. The van der Waals surface area contributed by atoms with Crippen molar-refractivity contribution in [1.82, 2.24) is 20.3 Å². The number of hydrogen-bond donors (Lipinski definition) is 2. The van der Waals surface area contributed by atoms with Crippen LogP contribution in [0.25, 0.3) is 0 Å². The van der Waals surface area contributed by atoms with Gasteiger partial charge in [0.15, 0.2) is 0 Å². The first kappa shape index (κ1) is 14.4. The fourth-order valence-corrected chi connectivity index (χ4v) is 2.63. The highest BCUT2D eigenvalue weighted by Gasteiger charge is 2.34. The standard InChI is InChI=1S/C15H17N5O2/c21-9-12-7-20(14-3-5-17-10-18-14)8-13(12)19-15(22)11-2-1-4-16-6-11/h1-6,10,12-13,21H,7-9H2,(H,19,22)/t12-,13+/m0/s1. The van der Waals surface area contributed by atoms with E-state index in [-0.39, 0.29) is 24.5 Å². The van der Waals surface area contributed by atoms with Gasteiger partial charge in [0.05, 0.1) is 11.6 Å². The third-order valence-electron chi connectivity index (χ3n) is 3.81. The van der Waals surface area contributed by atoms with Gasteiger partial charge in [-0.2, -0.15) is 0 Å². The molecule has 7 heteroatoms. The van der Waals surface area contributed by atoms with E-state index in [1.807, 2.05) is 11.0 Å². The molecule has 2 N–H and O–H groups in total. The maximum atomic E-state index is 12.2. The zero-order valence-electron chi connectivity index (χ0n) is 12.0. The minimum Gasteiger partial charge on any atom is -0.396 e. The van der Waals surface area contributed by atoms with Gasteiger partial charge in [0.2, 0.25) is 0 Å². The summed E-state index contributed by atoms with van der Waals surface area (Å²) in [6.45, 7) is 1.26. The Kier molecular flexibility index (Phi) is 4.24. The van der Waals surface area contributed by atoms with E-state index < -0.39 is 0 Å². The van der Waals surface area contributed by atoms with Crippen molar-refractivity contribution in [3.63, 3.8) is 0 Å². The van der Waals surface area contributed by atoms with E-state index in [1.165, 1.54) is 12.5 Å². The fraction of sp³-hybridized carbons (Fsp3) is 0.333. The molecule has 2 aromatic rings. The van der Waals surface area contributed by atoms with Gasteiger partial charge in [0, 0.05) is 44.2 Å². The zero-order valence-corrected chi connectivity index (χ0v) is 12.0. The van der Waals surface area contributed by atoms with E-state index in [0.29, 0.717) is 18.7 Å². The number of carbonyl (C=O) groups excluding carboxylic acids is 1. The van der Waals surface area contributed by atoms with Gasteiger partial charge in [0.1, 0.15) is 12.1 Å². The summed E-state index contributed by atoms with van der Waals surface area (Å²) in [6.07, 6.45) is 6.32.